The van der Waals surface area contributed by atoms with Crippen molar-refractivity contribution in [2.24, 2.45) is 0 Å². The first-order valence-corrected chi connectivity index (χ1v) is 9.72. The Morgan fingerprint density at radius 2 is 1.92 bits per heavy atom. The predicted molar refractivity (Wildman–Crippen MR) is 108 cm³/mol. The zero-order valence-electron chi connectivity index (χ0n) is 14.6. The van der Waals surface area contributed by atoms with Crippen molar-refractivity contribution in [2.45, 2.75) is 45.4 Å². The Bertz CT molecular complexity index is 938. The highest BCUT2D eigenvalue weighted by Gasteiger charge is 2.20. The maximum atomic E-state index is 6.38. The average Bonchev–Trinajstić information content (AvgIpc) is 3.01. The van der Waals surface area contributed by atoms with E-state index in [1.54, 1.807) is 18.2 Å². The minimum atomic E-state index is 0.226. The summed E-state index contributed by atoms with van der Waals surface area (Å²) in [6.07, 6.45) is 4.54. The summed E-state index contributed by atoms with van der Waals surface area (Å²) in [5.41, 5.74) is 7.52. The number of aromatic nitrogens is 4. The van der Waals surface area contributed by atoms with Crippen LogP contribution in [0.25, 0.3) is 16.9 Å². The second kappa shape index (κ2) is 7.99. The third-order valence-corrected chi connectivity index (χ3v) is 5.20. The molecule has 2 N–H and O–H groups in total. The number of nitrogens with zero attached hydrogens (tertiary/aromatic N) is 4. The molecule has 26 heavy (non-hydrogen) atoms. The minimum Gasteiger partial charge on any atom is -0.383 e. The summed E-state index contributed by atoms with van der Waals surface area (Å²) in [6, 6.07) is 5.13. The molecule has 2 heterocycles. The van der Waals surface area contributed by atoms with Crippen LogP contribution in [-0.2, 0) is 0 Å². The number of halogens is 3. The number of rotatable bonds is 6. The first-order chi connectivity index (χ1) is 12.4. The fraction of sp³-hybridized carbons (Fsp3) is 0.389. The molecule has 1 atom stereocenters. The van der Waals surface area contributed by atoms with Crippen LogP contribution in [0.4, 0.5) is 5.82 Å². The highest BCUT2D eigenvalue weighted by Crippen LogP contribution is 2.38. The van der Waals surface area contributed by atoms with E-state index in [9.17, 15) is 0 Å². The fourth-order valence-corrected chi connectivity index (χ4v) is 3.67. The predicted octanol–water partition coefficient (Wildman–Crippen LogP) is 6.02. The number of nitrogens with two attached hydrogens (primary N) is 1. The molecule has 0 spiro atoms. The van der Waals surface area contributed by atoms with Crippen molar-refractivity contribution in [3.8, 4) is 11.1 Å². The second-order valence-electron chi connectivity index (χ2n) is 6.37. The standard InChI is InChI=1S/C18H20Cl3N5/c1-3-4-5-6-10(2)17-24-18-23-15(21)14(16(22)26(18)25-17)12-8-7-11(19)9-13(12)20/h7-10H,3-6,22H2,1-2H3. The minimum absolute atomic E-state index is 0.226. The lowest BCUT2D eigenvalue weighted by atomic mass is 10.0. The molecular formula is C18H20Cl3N5. The highest BCUT2D eigenvalue weighted by molar-refractivity contribution is 6.38. The first-order valence-electron chi connectivity index (χ1n) is 8.59. The summed E-state index contributed by atoms with van der Waals surface area (Å²) in [4.78, 5) is 8.87. The molecule has 2 aromatic heterocycles. The van der Waals surface area contributed by atoms with Crippen LogP contribution >= 0.6 is 34.8 Å². The van der Waals surface area contributed by atoms with E-state index < -0.39 is 0 Å². The smallest absolute Gasteiger partial charge is 0.255 e. The number of unbranched alkanes of at least 4 members (excludes halogenated alkanes) is 2. The van der Waals surface area contributed by atoms with Gasteiger partial charge < -0.3 is 5.73 Å². The molecule has 138 valence electrons. The van der Waals surface area contributed by atoms with Gasteiger partial charge in [0.2, 0.25) is 0 Å². The summed E-state index contributed by atoms with van der Waals surface area (Å²) in [5.74, 6) is 1.68. The maximum Gasteiger partial charge on any atom is 0.255 e. The largest absolute Gasteiger partial charge is 0.383 e. The van der Waals surface area contributed by atoms with Gasteiger partial charge in [-0.1, -0.05) is 74.0 Å². The molecule has 5 nitrogen and oxygen atoms in total. The topological polar surface area (TPSA) is 69.1 Å². The van der Waals surface area contributed by atoms with Gasteiger partial charge in [-0.15, -0.1) is 5.10 Å². The Hall–Kier alpha value is -1.56. The van der Waals surface area contributed by atoms with Crippen LogP contribution in [0.2, 0.25) is 15.2 Å². The van der Waals surface area contributed by atoms with E-state index in [-0.39, 0.29) is 11.1 Å². The zero-order valence-corrected chi connectivity index (χ0v) is 16.9. The molecule has 0 saturated heterocycles. The molecule has 3 rings (SSSR count). The molecule has 1 unspecified atom stereocenters. The Kier molecular flexibility index (Phi) is 5.90. The van der Waals surface area contributed by atoms with Gasteiger partial charge in [0.05, 0.1) is 10.6 Å². The monoisotopic (exact) mass is 411 g/mol. The molecular weight excluding hydrogens is 393 g/mol. The lowest BCUT2D eigenvalue weighted by Crippen LogP contribution is -2.05. The van der Waals surface area contributed by atoms with E-state index in [1.165, 1.54) is 17.4 Å². The highest BCUT2D eigenvalue weighted by atomic mass is 35.5. The molecule has 0 fully saturated rings. The zero-order chi connectivity index (χ0) is 18.8. The molecule has 0 aliphatic carbocycles. The third-order valence-electron chi connectivity index (χ3n) is 4.38. The van der Waals surface area contributed by atoms with Crippen molar-refractivity contribution >= 4 is 46.4 Å². The van der Waals surface area contributed by atoms with E-state index in [0.29, 0.717) is 32.8 Å². The van der Waals surface area contributed by atoms with Crippen LogP contribution in [0.1, 0.15) is 51.3 Å². The van der Waals surface area contributed by atoms with Crippen molar-refractivity contribution < 1.29 is 0 Å². The van der Waals surface area contributed by atoms with Gasteiger partial charge in [0, 0.05) is 16.5 Å². The molecule has 1 aromatic carbocycles. The van der Waals surface area contributed by atoms with Crippen molar-refractivity contribution in [2.75, 3.05) is 5.73 Å². The average molecular weight is 413 g/mol. The van der Waals surface area contributed by atoms with Crippen LogP contribution in [-0.4, -0.2) is 19.6 Å². The number of hydrogen-bond acceptors (Lipinski definition) is 4. The SMILES string of the molecule is CCCCCC(C)c1nc2nc(Cl)c(-c3ccc(Cl)cc3Cl)c(N)n2n1. The normalized spacial score (nSPS) is 12.7. The lowest BCUT2D eigenvalue weighted by Gasteiger charge is -2.10. The van der Waals surface area contributed by atoms with Crippen LogP contribution in [0.3, 0.4) is 0 Å². The Balaban J connectivity index is 2.04. The second-order valence-corrected chi connectivity index (χ2v) is 7.57. The molecule has 3 aromatic rings. The maximum absolute atomic E-state index is 6.38. The summed E-state index contributed by atoms with van der Waals surface area (Å²) in [7, 11) is 0. The van der Waals surface area contributed by atoms with Crippen molar-refractivity contribution in [1.29, 1.82) is 0 Å². The molecule has 8 heteroatoms. The Labute approximate surface area is 167 Å². The van der Waals surface area contributed by atoms with Gasteiger partial charge in [0.15, 0.2) is 5.82 Å². The molecule has 0 saturated carbocycles. The van der Waals surface area contributed by atoms with Crippen molar-refractivity contribution in [3.05, 3.63) is 39.2 Å². The lowest BCUT2D eigenvalue weighted by molar-refractivity contribution is 0.575. The van der Waals surface area contributed by atoms with E-state index in [1.807, 2.05) is 0 Å². The Morgan fingerprint density at radius 1 is 1.15 bits per heavy atom. The quantitative estimate of drug-likeness (QED) is 0.397. The van der Waals surface area contributed by atoms with Crippen LogP contribution in [0.15, 0.2) is 18.2 Å². The summed E-state index contributed by atoms with van der Waals surface area (Å²) >= 11 is 18.7. The summed E-state index contributed by atoms with van der Waals surface area (Å²) < 4.78 is 1.53. The van der Waals surface area contributed by atoms with Gasteiger partial charge >= 0.3 is 0 Å². The van der Waals surface area contributed by atoms with E-state index in [0.717, 1.165) is 18.7 Å². The first kappa shape index (κ1) is 19.2. The fourth-order valence-electron chi connectivity index (χ4n) is 2.89. The van der Waals surface area contributed by atoms with Gasteiger partial charge in [-0.25, -0.2) is 0 Å². The van der Waals surface area contributed by atoms with Gasteiger partial charge in [0.1, 0.15) is 11.0 Å². The van der Waals surface area contributed by atoms with Crippen LogP contribution < -0.4 is 5.73 Å². The van der Waals surface area contributed by atoms with Gasteiger partial charge in [-0.3, -0.25) is 0 Å². The summed E-state index contributed by atoms with van der Waals surface area (Å²) in [6.45, 7) is 4.29. The van der Waals surface area contributed by atoms with Gasteiger partial charge in [-0.05, 0) is 18.6 Å². The number of benzene rings is 1. The van der Waals surface area contributed by atoms with Gasteiger partial charge in [0.25, 0.3) is 5.78 Å². The summed E-state index contributed by atoms with van der Waals surface area (Å²) in [5, 5.41) is 5.77. The van der Waals surface area contributed by atoms with Crippen molar-refractivity contribution in [3.63, 3.8) is 0 Å². The molecule has 0 amide bonds. The van der Waals surface area contributed by atoms with E-state index in [2.05, 4.69) is 28.9 Å². The van der Waals surface area contributed by atoms with Crippen LogP contribution in [0, 0.1) is 0 Å². The molecule has 0 radical (unpaired) electrons. The number of fused-ring (bicyclic) bond motifs is 1. The molecule has 0 bridgehead atoms. The number of anilines is 1. The number of nitrogen functional groups attached to an aromatic ring is 1. The Morgan fingerprint density at radius 3 is 2.62 bits per heavy atom. The van der Waals surface area contributed by atoms with Crippen LogP contribution in [0.5, 0.6) is 0 Å². The number of hydrogen-bond donors (Lipinski definition) is 1. The molecule has 0 aliphatic rings. The molecule has 0 aliphatic heterocycles. The third kappa shape index (κ3) is 3.75. The van der Waals surface area contributed by atoms with Crippen molar-refractivity contribution in [1.82, 2.24) is 19.6 Å². The van der Waals surface area contributed by atoms with E-state index >= 15 is 0 Å². The van der Waals surface area contributed by atoms with E-state index in [4.69, 9.17) is 40.5 Å². The van der Waals surface area contributed by atoms with Gasteiger partial charge in [-0.2, -0.15) is 14.5 Å².